The molecule has 326 valence electrons. The minimum atomic E-state index is -1.63. The summed E-state index contributed by atoms with van der Waals surface area (Å²) >= 11 is 0. The van der Waals surface area contributed by atoms with Crippen molar-refractivity contribution in [3.05, 3.63) is 84.1 Å². The van der Waals surface area contributed by atoms with Crippen LogP contribution in [0.3, 0.4) is 0 Å². The first kappa shape index (κ1) is 45.3. The Bertz CT molecular complexity index is 2150. The minimum absolute atomic E-state index is 0.0153. The standard InChI is InChI=1S/C42H53N9O10/c1-4-61-42(60)34(15-23(2)3)50-38(56)31(16-24-9-11-27(53)12-10-24)47-41(59)35(21-52)51-39(57)32(17-25-19-44-29-8-6-5-7-28(25)29)48-40(58)33(18-26-20-43-22-45-26)49-37(55)30-13-14-36(54)46-30/h5-12,19-20,22-23,30-35,44,52-53H,4,13-18,21H2,1-3H3,(H,43,45)(H,46,54)(H,47,59)(H,48,58)(H,49,55)(H,50,56)(H,51,57)/t30-,31-,32-,33-,34+,35-/m0/s1. The van der Waals surface area contributed by atoms with Crippen molar-refractivity contribution in [3.8, 4) is 5.75 Å². The van der Waals surface area contributed by atoms with E-state index >= 15 is 0 Å². The molecule has 0 saturated carbocycles. The van der Waals surface area contributed by atoms with Gasteiger partial charge in [-0.1, -0.05) is 44.2 Å². The number of phenols is 1. The van der Waals surface area contributed by atoms with Crippen molar-refractivity contribution >= 4 is 52.3 Å². The van der Waals surface area contributed by atoms with Crippen LogP contribution in [0.2, 0.25) is 0 Å². The molecule has 0 spiro atoms. The van der Waals surface area contributed by atoms with Crippen LogP contribution in [0.1, 0.15) is 56.9 Å². The number of aromatic nitrogens is 3. The maximum Gasteiger partial charge on any atom is 0.328 e. The molecule has 3 heterocycles. The molecular formula is C42H53N9O10. The third-order valence-electron chi connectivity index (χ3n) is 10.1. The predicted molar refractivity (Wildman–Crippen MR) is 220 cm³/mol. The van der Waals surface area contributed by atoms with Gasteiger partial charge in [-0.3, -0.25) is 28.8 Å². The van der Waals surface area contributed by atoms with Crippen LogP contribution >= 0.6 is 0 Å². The number of nitrogens with one attached hydrogen (secondary N) is 8. The van der Waals surface area contributed by atoms with E-state index in [0.717, 1.165) is 10.9 Å². The molecule has 0 bridgehead atoms. The van der Waals surface area contributed by atoms with Gasteiger partial charge in [0, 0.05) is 54.7 Å². The van der Waals surface area contributed by atoms with E-state index in [-0.39, 0.29) is 62.7 Å². The molecule has 61 heavy (non-hydrogen) atoms. The molecule has 2 aromatic carbocycles. The zero-order chi connectivity index (χ0) is 44.1. The Kier molecular flexibility index (Phi) is 16.0. The number of aromatic hydroxyl groups is 1. The van der Waals surface area contributed by atoms with Gasteiger partial charge < -0.3 is 56.8 Å². The number of ether oxygens (including phenoxy) is 1. The van der Waals surface area contributed by atoms with Crippen LogP contribution in [0.4, 0.5) is 0 Å². The first-order valence-corrected chi connectivity index (χ1v) is 20.1. The second-order valence-electron chi connectivity index (χ2n) is 15.2. The number of aromatic amines is 2. The maximum absolute atomic E-state index is 14.2. The number of phenolic OH excluding ortho intramolecular Hbond substituents is 1. The molecule has 0 aliphatic carbocycles. The van der Waals surface area contributed by atoms with E-state index in [2.05, 4.69) is 46.9 Å². The van der Waals surface area contributed by atoms with Crippen molar-refractivity contribution in [3.63, 3.8) is 0 Å². The number of carbonyl (C=O) groups is 7. The van der Waals surface area contributed by atoms with E-state index in [9.17, 15) is 43.8 Å². The number of fused-ring (bicyclic) bond motifs is 1. The van der Waals surface area contributed by atoms with Gasteiger partial charge >= 0.3 is 5.97 Å². The second kappa shape index (κ2) is 21.5. The molecular weight excluding hydrogens is 791 g/mol. The van der Waals surface area contributed by atoms with Crippen LogP contribution in [-0.4, -0.2) is 116 Å². The molecule has 10 N–H and O–H groups in total. The summed E-state index contributed by atoms with van der Waals surface area (Å²) in [5.74, 6) is -4.92. The lowest BCUT2D eigenvalue weighted by Gasteiger charge is -2.27. The smallest absolute Gasteiger partial charge is 0.328 e. The van der Waals surface area contributed by atoms with Gasteiger partial charge in [-0.2, -0.15) is 0 Å². The molecule has 1 fully saturated rings. The van der Waals surface area contributed by atoms with E-state index in [1.807, 2.05) is 32.0 Å². The first-order chi connectivity index (χ1) is 29.2. The van der Waals surface area contributed by atoms with Crippen LogP contribution < -0.4 is 31.9 Å². The largest absolute Gasteiger partial charge is 0.508 e. The number of amides is 6. The summed E-state index contributed by atoms with van der Waals surface area (Å²) in [7, 11) is 0. The Balaban J connectivity index is 1.38. The normalized spacial score (nSPS) is 16.1. The minimum Gasteiger partial charge on any atom is -0.508 e. The maximum atomic E-state index is 14.2. The summed E-state index contributed by atoms with van der Waals surface area (Å²) in [5, 5.41) is 36.8. The molecule has 1 aliphatic heterocycles. The number of imidazole rings is 1. The van der Waals surface area contributed by atoms with E-state index in [4.69, 9.17) is 4.74 Å². The number of aliphatic hydroxyl groups excluding tert-OH is 1. The Morgan fingerprint density at radius 3 is 2.03 bits per heavy atom. The van der Waals surface area contributed by atoms with Crippen LogP contribution in [0.5, 0.6) is 5.75 Å². The third-order valence-corrected chi connectivity index (χ3v) is 10.1. The van der Waals surface area contributed by atoms with E-state index in [1.165, 1.54) is 24.7 Å². The highest BCUT2D eigenvalue weighted by atomic mass is 16.5. The highest BCUT2D eigenvalue weighted by molar-refractivity contribution is 5.98. The van der Waals surface area contributed by atoms with Gasteiger partial charge in [0.15, 0.2) is 0 Å². The van der Waals surface area contributed by atoms with Crippen LogP contribution in [0.15, 0.2) is 67.3 Å². The molecule has 6 atom stereocenters. The van der Waals surface area contributed by atoms with Crippen molar-refractivity contribution in [2.75, 3.05) is 13.2 Å². The lowest BCUT2D eigenvalue weighted by atomic mass is 10.0. The number of hydrogen-bond acceptors (Lipinski definition) is 11. The van der Waals surface area contributed by atoms with Gasteiger partial charge in [0.1, 0.15) is 42.0 Å². The quantitative estimate of drug-likeness (QED) is 0.0496. The van der Waals surface area contributed by atoms with E-state index < -0.39 is 78.4 Å². The van der Waals surface area contributed by atoms with Gasteiger partial charge in [0.25, 0.3) is 0 Å². The number of nitrogens with zero attached hydrogens (tertiary/aromatic N) is 1. The van der Waals surface area contributed by atoms with E-state index in [1.54, 1.807) is 31.3 Å². The number of aliphatic hydroxyl groups is 1. The van der Waals surface area contributed by atoms with Gasteiger partial charge in [0.2, 0.25) is 35.4 Å². The van der Waals surface area contributed by atoms with Crippen molar-refractivity contribution in [2.45, 2.75) is 95.5 Å². The first-order valence-electron chi connectivity index (χ1n) is 20.1. The number of rotatable bonds is 21. The van der Waals surface area contributed by atoms with Gasteiger partial charge in [-0.15, -0.1) is 0 Å². The highest BCUT2D eigenvalue weighted by Gasteiger charge is 2.35. The molecule has 19 heteroatoms. The third kappa shape index (κ3) is 12.9. The number of benzene rings is 2. The summed E-state index contributed by atoms with van der Waals surface area (Å²) < 4.78 is 5.17. The number of H-pyrrole nitrogens is 2. The second-order valence-corrected chi connectivity index (χ2v) is 15.2. The molecule has 0 radical (unpaired) electrons. The Labute approximate surface area is 351 Å². The number of hydrogen-bond donors (Lipinski definition) is 10. The molecule has 0 unspecified atom stereocenters. The average molecular weight is 844 g/mol. The van der Waals surface area contributed by atoms with Crippen molar-refractivity contribution in [2.24, 2.45) is 5.92 Å². The van der Waals surface area contributed by atoms with Gasteiger partial charge in [0.05, 0.1) is 19.5 Å². The van der Waals surface area contributed by atoms with Crippen molar-refractivity contribution < 1.29 is 48.5 Å². The zero-order valence-corrected chi connectivity index (χ0v) is 34.2. The zero-order valence-electron chi connectivity index (χ0n) is 34.2. The highest BCUT2D eigenvalue weighted by Crippen LogP contribution is 2.20. The van der Waals surface area contributed by atoms with Crippen molar-refractivity contribution in [1.29, 1.82) is 0 Å². The lowest BCUT2D eigenvalue weighted by molar-refractivity contribution is -0.148. The van der Waals surface area contributed by atoms with E-state index in [0.29, 0.717) is 16.8 Å². The summed E-state index contributed by atoms with van der Waals surface area (Å²) in [5.41, 5.74) is 2.42. The summed E-state index contributed by atoms with van der Waals surface area (Å²) in [6, 6.07) is 5.73. The molecule has 6 amide bonds. The molecule has 1 aliphatic rings. The SMILES string of the molecule is CCOC(=O)[C@@H](CC(C)C)NC(=O)[C@H](Cc1ccc(O)cc1)NC(=O)[C@H](CO)NC(=O)[C@H](Cc1c[nH]c2ccccc12)NC(=O)[C@H](Cc1cnc[nH]1)NC(=O)[C@@H]1CCC(=O)N1. The van der Waals surface area contributed by atoms with Crippen molar-refractivity contribution in [1.82, 2.24) is 46.9 Å². The topological polar surface area (TPSA) is 286 Å². The van der Waals surface area contributed by atoms with Gasteiger partial charge in [-0.25, -0.2) is 9.78 Å². The number of carbonyl (C=O) groups excluding carboxylic acids is 7. The fraction of sp³-hybridized carbons (Fsp3) is 0.429. The fourth-order valence-corrected chi connectivity index (χ4v) is 6.93. The summed E-state index contributed by atoms with van der Waals surface area (Å²) in [6.07, 6.45) is 4.93. The Hall–Kier alpha value is -6.76. The monoisotopic (exact) mass is 843 g/mol. The Morgan fingerprint density at radius 2 is 1.43 bits per heavy atom. The predicted octanol–water partition coefficient (Wildman–Crippen LogP) is -0.0714. The average Bonchev–Trinajstić information content (AvgIpc) is 4.01. The van der Waals surface area contributed by atoms with Crippen LogP contribution in [0, 0.1) is 5.92 Å². The van der Waals surface area contributed by atoms with Gasteiger partial charge in [-0.05, 0) is 55.0 Å². The number of para-hydroxylation sites is 1. The Morgan fingerprint density at radius 1 is 0.803 bits per heavy atom. The fourth-order valence-electron chi connectivity index (χ4n) is 6.93. The van der Waals surface area contributed by atoms with Crippen LogP contribution in [-0.2, 0) is 57.6 Å². The van der Waals surface area contributed by atoms with Crippen LogP contribution in [0.25, 0.3) is 10.9 Å². The molecule has 5 rings (SSSR count). The molecule has 1 saturated heterocycles. The lowest BCUT2D eigenvalue weighted by Crippen LogP contribution is -2.60. The molecule has 4 aromatic rings. The summed E-state index contributed by atoms with van der Waals surface area (Å²) in [4.78, 5) is 104. The number of esters is 1. The molecule has 2 aromatic heterocycles. The molecule has 19 nitrogen and oxygen atoms in total. The summed E-state index contributed by atoms with van der Waals surface area (Å²) in [6.45, 7) is 4.53.